The molecular formula is C13H18N2O2. The first-order valence-electron chi connectivity index (χ1n) is 5.83. The molecule has 1 aliphatic heterocycles. The van der Waals surface area contributed by atoms with Gasteiger partial charge in [-0.15, -0.1) is 0 Å². The molecule has 1 aromatic rings. The number of nitrogens with zero attached hydrogens (tertiary/aromatic N) is 1. The van der Waals surface area contributed by atoms with Gasteiger partial charge in [0.25, 0.3) is 0 Å². The van der Waals surface area contributed by atoms with Crippen LogP contribution in [0.15, 0.2) is 18.2 Å². The number of methoxy groups -OCH3 is 1. The molecule has 4 heteroatoms. The van der Waals surface area contributed by atoms with Crippen molar-refractivity contribution < 1.29 is 9.53 Å². The van der Waals surface area contributed by atoms with E-state index in [0.717, 1.165) is 17.7 Å². The fraction of sp³-hybridized carbons (Fsp3) is 0.462. The Kier molecular flexibility index (Phi) is 3.33. The molecule has 2 rings (SSSR count). The average Bonchev–Trinajstić information content (AvgIpc) is 2.36. The van der Waals surface area contributed by atoms with Crippen LogP contribution in [0.5, 0.6) is 0 Å². The highest BCUT2D eigenvalue weighted by Crippen LogP contribution is 2.35. The van der Waals surface area contributed by atoms with Gasteiger partial charge in [-0.25, -0.2) is 4.79 Å². The van der Waals surface area contributed by atoms with Crippen molar-refractivity contribution in [1.29, 1.82) is 0 Å². The van der Waals surface area contributed by atoms with E-state index in [2.05, 4.69) is 6.07 Å². The largest absolute Gasteiger partial charge is 0.452 e. The van der Waals surface area contributed by atoms with E-state index < -0.39 is 0 Å². The summed E-state index contributed by atoms with van der Waals surface area (Å²) in [6, 6.07) is 6.10. The summed E-state index contributed by atoms with van der Waals surface area (Å²) < 4.78 is 4.80. The number of hydrogen-bond donors (Lipinski definition) is 1. The van der Waals surface area contributed by atoms with Crippen LogP contribution in [0.25, 0.3) is 0 Å². The van der Waals surface area contributed by atoms with Crippen molar-refractivity contribution in [2.75, 3.05) is 25.1 Å². The molecule has 1 aromatic carbocycles. The summed E-state index contributed by atoms with van der Waals surface area (Å²) in [6.45, 7) is 3.33. The van der Waals surface area contributed by atoms with E-state index in [4.69, 9.17) is 10.5 Å². The molecule has 0 aliphatic carbocycles. The second-order valence-electron chi connectivity index (χ2n) is 4.41. The van der Waals surface area contributed by atoms with E-state index in [-0.39, 0.29) is 6.09 Å². The SMILES string of the molecule is COC(=O)N1CCC(CN)c2cc(C)ccc21. The molecule has 0 saturated carbocycles. The first-order chi connectivity index (χ1) is 8.17. The number of amides is 1. The summed E-state index contributed by atoms with van der Waals surface area (Å²) in [5.74, 6) is 0.339. The van der Waals surface area contributed by atoms with Gasteiger partial charge in [-0.05, 0) is 37.4 Å². The van der Waals surface area contributed by atoms with Crippen LogP contribution in [0.2, 0.25) is 0 Å². The molecule has 1 heterocycles. The van der Waals surface area contributed by atoms with Gasteiger partial charge in [0.15, 0.2) is 0 Å². The zero-order valence-corrected chi connectivity index (χ0v) is 10.3. The fourth-order valence-electron chi connectivity index (χ4n) is 2.35. The summed E-state index contributed by atoms with van der Waals surface area (Å²) >= 11 is 0. The molecule has 0 saturated heterocycles. The molecule has 2 N–H and O–H groups in total. The predicted molar refractivity (Wildman–Crippen MR) is 67.3 cm³/mol. The first-order valence-corrected chi connectivity index (χ1v) is 5.83. The van der Waals surface area contributed by atoms with E-state index >= 15 is 0 Å². The van der Waals surface area contributed by atoms with Gasteiger partial charge in [0, 0.05) is 6.54 Å². The summed E-state index contributed by atoms with van der Waals surface area (Å²) in [5.41, 5.74) is 9.07. The number of rotatable bonds is 1. The summed E-state index contributed by atoms with van der Waals surface area (Å²) in [7, 11) is 1.41. The van der Waals surface area contributed by atoms with E-state index in [9.17, 15) is 4.79 Å². The molecule has 0 spiro atoms. The van der Waals surface area contributed by atoms with Crippen LogP contribution in [0.3, 0.4) is 0 Å². The molecule has 4 nitrogen and oxygen atoms in total. The number of ether oxygens (including phenoxy) is 1. The maximum atomic E-state index is 11.7. The lowest BCUT2D eigenvalue weighted by molar-refractivity contribution is 0.178. The molecule has 1 atom stereocenters. The Morgan fingerprint density at radius 2 is 2.35 bits per heavy atom. The van der Waals surface area contributed by atoms with Crippen LogP contribution in [-0.2, 0) is 4.74 Å². The van der Waals surface area contributed by atoms with Crippen molar-refractivity contribution in [3.8, 4) is 0 Å². The highest BCUT2D eigenvalue weighted by molar-refractivity contribution is 5.89. The van der Waals surface area contributed by atoms with Gasteiger partial charge in [0.05, 0.1) is 12.8 Å². The third-order valence-electron chi connectivity index (χ3n) is 3.29. The number of fused-ring (bicyclic) bond motifs is 1. The van der Waals surface area contributed by atoms with E-state index in [0.29, 0.717) is 19.0 Å². The molecule has 0 radical (unpaired) electrons. The molecule has 0 fully saturated rings. The van der Waals surface area contributed by atoms with Gasteiger partial charge in [-0.2, -0.15) is 0 Å². The van der Waals surface area contributed by atoms with Crippen molar-refractivity contribution in [1.82, 2.24) is 0 Å². The lowest BCUT2D eigenvalue weighted by Gasteiger charge is -2.33. The van der Waals surface area contributed by atoms with Crippen molar-refractivity contribution >= 4 is 11.8 Å². The minimum Gasteiger partial charge on any atom is -0.452 e. The predicted octanol–water partition coefficient (Wildman–Crippen LogP) is 2.01. The Hall–Kier alpha value is -1.55. The number of carbonyl (C=O) groups is 1. The number of aryl methyl sites for hydroxylation is 1. The topological polar surface area (TPSA) is 55.6 Å². The number of benzene rings is 1. The van der Waals surface area contributed by atoms with E-state index in [1.807, 2.05) is 19.1 Å². The van der Waals surface area contributed by atoms with Crippen LogP contribution in [-0.4, -0.2) is 26.3 Å². The fourth-order valence-corrected chi connectivity index (χ4v) is 2.35. The summed E-state index contributed by atoms with van der Waals surface area (Å²) in [6.07, 6.45) is 0.591. The van der Waals surface area contributed by atoms with E-state index in [1.54, 1.807) is 4.90 Å². The Morgan fingerprint density at radius 1 is 1.59 bits per heavy atom. The third kappa shape index (κ3) is 2.13. The van der Waals surface area contributed by atoms with Crippen LogP contribution in [0.4, 0.5) is 10.5 Å². The monoisotopic (exact) mass is 234 g/mol. The Morgan fingerprint density at radius 3 is 3.00 bits per heavy atom. The maximum absolute atomic E-state index is 11.7. The molecule has 92 valence electrons. The minimum atomic E-state index is -0.300. The molecule has 17 heavy (non-hydrogen) atoms. The number of hydrogen-bond acceptors (Lipinski definition) is 3. The number of anilines is 1. The van der Waals surface area contributed by atoms with Gasteiger partial charge >= 0.3 is 6.09 Å². The van der Waals surface area contributed by atoms with Gasteiger partial charge in [0.2, 0.25) is 0 Å². The Bertz CT molecular complexity index is 431. The van der Waals surface area contributed by atoms with Gasteiger partial charge in [0.1, 0.15) is 0 Å². The number of nitrogens with two attached hydrogens (primary N) is 1. The molecule has 1 unspecified atom stereocenters. The third-order valence-corrected chi connectivity index (χ3v) is 3.29. The highest BCUT2D eigenvalue weighted by Gasteiger charge is 2.28. The van der Waals surface area contributed by atoms with Crippen LogP contribution in [0, 0.1) is 6.92 Å². The van der Waals surface area contributed by atoms with Crippen molar-refractivity contribution in [3.05, 3.63) is 29.3 Å². The van der Waals surface area contributed by atoms with Crippen LogP contribution < -0.4 is 10.6 Å². The summed E-state index contributed by atoms with van der Waals surface area (Å²) in [5, 5.41) is 0. The standard InChI is InChI=1S/C13H18N2O2/c1-9-3-4-12-11(7-9)10(8-14)5-6-15(12)13(16)17-2/h3-4,7,10H,5-6,8,14H2,1-2H3. The minimum absolute atomic E-state index is 0.300. The molecule has 1 amide bonds. The van der Waals surface area contributed by atoms with E-state index in [1.165, 1.54) is 12.7 Å². The van der Waals surface area contributed by atoms with Crippen LogP contribution in [0.1, 0.15) is 23.5 Å². The van der Waals surface area contributed by atoms with Gasteiger partial charge < -0.3 is 10.5 Å². The van der Waals surface area contributed by atoms with Crippen molar-refractivity contribution in [2.45, 2.75) is 19.3 Å². The molecular weight excluding hydrogens is 216 g/mol. The highest BCUT2D eigenvalue weighted by atomic mass is 16.5. The molecule has 1 aliphatic rings. The summed E-state index contributed by atoms with van der Waals surface area (Å²) in [4.78, 5) is 13.4. The quantitative estimate of drug-likeness (QED) is 0.808. The Labute approximate surface area is 101 Å². The second kappa shape index (κ2) is 4.75. The Balaban J connectivity index is 2.43. The van der Waals surface area contributed by atoms with Gasteiger partial charge in [-0.1, -0.05) is 17.7 Å². The average molecular weight is 234 g/mol. The zero-order chi connectivity index (χ0) is 12.4. The van der Waals surface area contributed by atoms with Crippen molar-refractivity contribution in [3.63, 3.8) is 0 Å². The van der Waals surface area contributed by atoms with Crippen LogP contribution >= 0.6 is 0 Å². The lowest BCUT2D eigenvalue weighted by atomic mass is 9.89. The zero-order valence-electron chi connectivity index (χ0n) is 10.3. The molecule has 0 aromatic heterocycles. The lowest BCUT2D eigenvalue weighted by Crippen LogP contribution is -2.37. The van der Waals surface area contributed by atoms with Gasteiger partial charge in [-0.3, -0.25) is 4.90 Å². The number of carbonyl (C=O) groups excluding carboxylic acids is 1. The normalized spacial score (nSPS) is 18.8. The molecule has 0 bridgehead atoms. The smallest absolute Gasteiger partial charge is 0.414 e. The maximum Gasteiger partial charge on any atom is 0.414 e. The first kappa shape index (κ1) is 11.9. The second-order valence-corrected chi connectivity index (χ2v) is 4.41. The van der Waals surface area contributed by atoms with Crippen molar-refractivity contribution in [2.24, 2.45) is 5.73 Å².